The van der Waals surface area contributed by atoms with Crippen molar-refractivity contribution in [3.63, 3.8) is 0 Å². The lowest BCUT2D eigenvalue weighted by Crippen LogP contribution is -2.56. The molecule has 3 N–H and O–H groups in total. The van der Waals surface area contributed by atoms with Crippen LogP contribution in [0.15, 0.2) is 0 Å². The number of carboxylic acid groups (broad SMARTS) is 2. The summed E-state index contributed by atoms with van der Waals surface area (Å²) in [6.07, 6.45) is 0.958. The Labute approximate surface area is 80.8 Å². The van der Waals surface area contributed by atoms with Crippen molar-refractivity contribution in [3.05, 3.63) is 0 Å². The van der Waals surface area contributed by atoms with Gasteiger partial charge >= 0.3 is 11.9 Å². The summed E-state index contributed by atoms with van der Waals surface area (Å²) < 4.78 is 0. The lowest BCUT2D eigenvalue weighted by molar-refractivity contribution is -0.184. The van der Waals surface area contributed by atoms with E-state index in [1.807, 2.05) is 0 Å². The molecule has 80 valence electrons. The molecule has 2 unspecified atom stereocenters. The Morgan fingerprint density at radius 1 is 1.43 bits per heavy atom. The van der Waals surface area contributed by atoms with Gasteiger partial charge in [-0.1, -0.05) is 0 Å². The average molecular weight is 203 g/mol. The van der Waals surface area contributed by atoms with Crippen molar-refractivity contribution in [1.82, 2.24) is 4.90 Å². The fourth-order valence-electron chi connectivity index (χ4n) is 1.67. The Morgan fingerprint density at radius 3 is 2.43 bits per heavy atom. The maximum absolute atomic E-state index is 10.7. The highest BCUT2D eigenvalue weighted by atomic mass is 16.4. The maximum atomic E-state index is 10.7. The molecule has 0 aromatic carbocycles. The van der Waals surface area contributed by atoms with E-state index in [2.05, 4.69) is 0 Å². The molecule has 0 amide bonds. The van der Waals surface area contributed by atoms with Crippen LogP contribution in [0.5, 0.6) is 0 Å². The third kappa shape index (κ3) is 1.71. The SMILES string of the molecule is CC(O)(C(=O)O)N1CCCC1C(=O)O. The fraction of sp³-hybridized carbons (Fsp3) is 0.750. The molecule has 0 bridgehead atoms. The van der Waals surface area contributed by atoms with E-state index in [-0.39, 0.29) is 6.54 Å². The highest BCUT2D eigenvalue weighted by Gasteiger charge is 2.46. The van der Waals surface area contributed by atoms with Crippen LogP contribution < -0.4 is 0 Å². The van der Waals surface area contributed by atoms with Crippen molar-refractivity contribution in [1.29, 1.82) is 0 Å². The Bertz CT molecular complexity index is 262. The average Bonchev–Trinajstić information content (AvgIpc) is 2.51. The largest absolute Gasteiger partial charge is 0.480 e. The van der Waals surface area contributed by atoms with Gasteiger partial charge in [0.2, 0.25) is 5.72 Å². The number of carboxylic acids is 2. The number of rotatable bonds is 3. The number of nitrogens with zero attached hydrogens (tertiary/aromatic N) is 1. The Hall–Kier alpha value is -1.14. The smallest absolute Gasteiger partial charge is 0.351 e. The zero-order valence-corrected chi connectivity index (χ0v) is 7.80. The van der Waals surface area contributed by atoms with Crippen LogP contribution in [-0.2, 0) is 9.59 Å². The molecular formula is C8H13NO5. The molecule has 0 aliphatic carbocycles. The molecule has 1 aliphatic heterocycles. The minimum absolute atomic E-state index is 0.288. The second-order valence-corrected chi connectivity index (χ2v) is 3.52. The quantitative estimate of drug-likeness (QED) is 0.562. The van der Waals surface area contributed by atoms with E-state index in [0.717, 1.165) is 11.8 Å². The highest BCUT2D eigenvalue weighted by Crippen LogP contribution is 2.25. The second kappa shape index (κ2) is 3.55. The van der Waals surface area contributed by atoms with Gasteiger partial charge in [0.05, 0.1) is 0 Å². The highest BCUT2D eigenvalue weighted by molar-refractivity contribution is 5.79. The molecule has 6 heteroatoms. The number of carbonyl (C=O) groups is 2. The zero-order valence-electron chi connectivity index (χ0n) is 7.80. The van der Waals surface area contributed by atoms with Gasteiger partial charge in [0.25, 0.3) is 0 Å². The summed E-state index contributed by atoms with van der Waals surface area (Å²) in [7, 11) is 0. The molecule has 14 heavy (non-hydrogen) atoms. The monoisotopic (exact) mass is 203 g/mol. The maximum Gasteiger partial charge on any atom is 0.351 e. The Balaban J connectivity index is 2.86. The van der Waals surface area contributed by atoms with Crippen molar-refractivity contribution in [3.8, 4) is 0 Å². The second-order valence-electron chi connectivity index (χ2n) is 3.52. The van der Waals surface area contributed by atoms with Crippen molar-refractivity contribution in [2.24, 2.45) is 0 Å². The summed E-state index contributed by atoms with van der Waals surface area (Å²) in [5, 5.41) is 27.1. The third-order valence-corrected chi connectivity index (χ3v) is 2.50. The molecule has 0 aromatic heterocycles. The van der Waals surface area contributed by atoms with Gasteiger partial charge in [-0.3, -0.25) is 9.69 Å². The first-order valence-corrected chi connectivity index (χ1v) is 4.32. The fourth-order valence-corrected chi connectivity index (χ4v) is 1.67. The van der Waals surface area contributed by atoms with Crippen LogP contribution in [0, 0.1) is 0 Å². The Morgan fingerprint density at radius 2 is 2.00 bits per heavy atom. The van der Waals surface area contributed by atoms with Crippen LogP contribution >= 0.6 is 0 Å². The van der Waals surface area contributed by atoms with E-state index >= 15 is 0 Å². The molecule has 2 atom stereocenters. The van der Waals surface area contributed by atoms with Crippen LogP contribution in [-0.4, -0.2) is 50.5 Å². The van der Waals surface area contributed by atoms with Crippen LogP contribution in [0.4, 0.5) is 0 Å². The van der Waals surface area contributed by atoms with Gasteiger partial charge in [-0.15, -0.1) is 0 Å². The summed E-state index contributed by atoms with van der Waals surface area (Å²) in [4.78, 5) is 22.5. The Kier molecular flexibility index (Phi) is 2.77. The molecule has 0 aromatic rings. The van der Waals surface area contributed by atoms with Crippen LogP contribution in [0.3, 0.4) is 0 Å². The topological polar surface area (TPSA) is 98.1 Å². The summed E-state index contributed by atoms with van der Waals surface area (Å²) in [5.41, 5.74) is -2.10. The van der Waals surface area contributed by atoms with Gasteiger partial charge in [-0.05, 0) is 19.8 Å². The lowest BCUT2D eigenvalue weighted by Gasteiger charge is -2.32. The molecule has 0 spiro atoms. The molecule has 1 aliphatic rings. The van der Waals surface area contributed by atoms with E-state index < -0.39 is 23.7 Å². The van der Waals surface area contributed by atoms with Gasteiger partial charge in [-0.25, -0.2) is 4.79 Å². The summed E-state index contributed by atoms with van der Waals surface area (Å²) >= 11 is 0. The van der Waals surface area contributed by atoms with E-state index in [1.165, 1.54) is 0 Å². The van der Waals surface area contributed by atoms with Gasteiger partial charge in [-0.2, -0.15) is 0 Å². The third-order valence-electron chi connectivity index (χ3n) is 2.50. The van der Waals surface area contributed by atoms with Gasteiger partial charge < -0.3 is 15.3 Å². The van der Waals surface area contributed by atoms with Crippen LogP contribution in [0.25, 0.3) is 0 Å². The summed E-state index contributed by atoms with van der Waals surface area (Å²) in [5.74, 6) is -2.52. The molecule has 1 saturated heterocycles. The van der Waals surface area contributed by atoms with Crippen molar-refractivity contribution in [2.45, 2.75) is 31.5 Å². The number of aliphatic carboxylic acids is 2. The molecule has 1 rings (SSSR count). The number of hydrogen-bond donors (Lipinski definition) is 3. The van der Waals surface area contributed by atoms with Crippen molar-refractivity contribution in [2.75, 3.05) is 6.54 Å². The predicted molar refractivity (Wildman–Crippen MR) is 45.6 cm³/mol. The molecule has 0 saturated carbocycles. The minimum Gasteiger partial charge on any atom is -0.480 e. The van der Waals surface area contributed by atoms with Crippen LogP contribution in [0.1, 0.15) is 19.8 Å². The summed E-state index contributed by atoms with van der Waals surface area (Å²) in [6.45, 7) is 1.38. The zero-order chi connectivity index (χ0) is 10.9. The van der Waals surface area contributed by atoms with Crippen LogP contribution in [0.2, 0.25) is 0 Å². The predicted octanol–water partition coefficient (Wildman–Crippen LogP) is -0.671. The van der Waals surface area contributed by atoms with E-state index in [0.29, 0.717) is 12.8 Å². The number of hydrogen-bond acceptors (Lipinski definition) is 4. The lowest BCUT2D eigenvalue weighted by atomic mass is 10.1. The summed E-state index contributed by atoms with van der Waals surface area (Å²) in [6, 6.07) is -0.902. The molecule has 0 radical (unpaired) electrons. The normalized spacial score (nSPS) is 27.1. The van der Waals surface area contributed by atoms with E-state index in [4.69, 9.17) is 10.2 Å². The van der Waals surface area contributed by atoms with E-state index in [9.17, 15) is 14.7 Å². The van der Waals surface area contributed by atoms with Gasteiger partial charge in [0.1, 0.15) is 6.04 Å². The molecule has 1 heterocycles. The van der Waals surface area contributed by atoms with Gasteiger partial charge in [0.15, 0.2) is 0 Å². The standard InChI is InChI=1S/C8H13NO5/c1-8(14,7(12)13)9-4-2-3-5(9)6(10)11/h5,14H,2-4H2,1H3,(H,10,11)(H,12,13). The minimum atomic E-state index is -2.10. The van der Waals surface area contributed by atoms with Gasteiger partial charge in [0, 0.05) is 6.54 Å². The first kappa shape index (κ1) is 10.9. The number of likely N-dealkylation sites (tertiary alicyclic amines) is 1. The molecule has 1 fully saturated rings. The molecule has 6 nitrogen and oxygen atoms in total. The number of aliphatic hydroxyl groups is 1. The van der Waals surface area contributed by atoms with Crippen molar-refractivity contribution >= 4 is 11.9 Å². The van der Waals surface area contributed by atoms with Crippen molar-refractivity contribution < 1.29 is 24.9 Å². The van der Waals surface area contributed by atoms with E-state index in [1.54, 1.807) is 0 Å². The molecular weight excluding hydrogens is 190 g/mol. The first-order chi connectivity index (χ1) is 6.37. The first-order valence-electron chi connectivity index (χ1n) is 4.32.